The van der Waals surface area contributed by atoms with E-state index in [1.54, 1.807) is 6.08 Å². The molecule has 0 N–H and O–H groups in total. The maximum absolute atomic E-state index is 14.8. The number of terminal acetylenes is 1. The first-order valence-electron chi connectivity index (χ1n) is 9.30. The molecule has 2 aliphatic rings. The molecule has 2 unspecified atom stereocenters. The van der Waals surface area contributed by atoms with E-state index in [9.17, 15) is 8.78 Å². The van der Waals surface area contributed by atoms with Crippen molar-refractivity contribution in [2.45, 2.75) is 63.2 Å². The van der Waals surface area contributed by atoms with Gasteiger partial charge in [-0.1, -0.05) is 74.9 Å². The van der Waals surface area contributed by atoms with Crippen LogP contribution in [0.2, 0.25) is 0 Å². The van der Waals surface area contributed by atoms with Gasteiger partial charge in [0.1, 0.15) is 0 Å². The summed E-state index contributed by atoms with van der Waals surface area (Å²) in [5, 5.41) is 0. The zero-order valence-electron chi connectivity index (χ0n) is 14.8. The summed E-state index contributed by atoms with van der Waals surface area (Å²) in [4.78, 5) is 0. The van der Waals surface area contributed by atoms with Crippen molar-refractivity contribution in [3.8, 4) is 12.8 Å². The third kappa shape index (κ3) is 5.30. The SMILES string of the molecule is C#C.FC1C=C(c2ccccc2)C=CC1(F)CCCCC1CCCC1. The summed E-state index contributed by atoms with van der Waals surface area (Å²) in [6.07, 6.45) is 19.7. The summed E-state index contributed by atoms with van der Waals surface area (Å²) in [5.74, 6) is 0.832. The molecular weight excluding hydrogens is 314 g/mol. The number of unbranched alkanes of at least 4 members (excludes halogenated alkanes) is 1. The average molecular weight is 342 g/mol. The zero-order chi connectivity index (χ0) is 18.1. The minimum atomic E-state index is -1.83. The number of allylic oxidation sites excluding steroid dienone is 4. The molecule has 1 saturated carbocycles. The van der Waals surface area contributed by atoms with Gasteiger partial charge in [-0.05, 0) is 42.0 Å². The summed E-state index contributed by atoms with van der Waals surface area (Å²) in [5.41, 5.74) is -0.111. The van der Waals surface area contributed by atoms with Crippen LogP contribution in [0.3, 0.4) is 0 Å². The summed E-state index contributed by atoms with van der Waals surface area (Å²) in [6.45, 7) is 0. The molecule has 3 rings (SSSR count). The van der Waals surface area contributed by atoms with Gasteiger partial charge in [-0.3, -0.25) is 0 Å². The van der Waals surface area contributed by atoms with E-state index in [1.165, 1.54) is 44.3 Å². The van der Waals surface area contributed by atoms with Crippen LogP contribution in [-0.4, -0.2) is 11.8 Å². The molecule has 25 heavy (non-hydrogen) atoms. The van der Waals surface area contributed by atoms with Gasteiger partial charge in [0.05, 0.1) is 0 Å². The number of halogens is 2. The Labute approximate surface area is 151 Å². The van der Waals surface area contributed by atoms with Gasteiger partial charge in [0.2, 0.25) is 0 Å². The van der Waals surface area contributed by atoms with Crippen molar-refractivity contribution in [1.29, 1.82) is 0 Å². The summed E-state index contributed by atoms with van der Waals surface area (Å²) >= 11 is 0. The third-order valence-corrected chi connectivity index (χ3v) is 5.33. The molecule has 2 atom stereocenters. The maximum Gasteiger partial charge on any atom is 0.164 e. The molecule has 2 aliphatic carbocycles. The topological polar surface area (TPSA) is 0 Å². The van der Waals surface area contributed by atoms with E-state index in [2.05, 4.69) is 12.8 Å². The number of alkyl halides is 2. The van der Waals surface area contributed by atoms with Crippen LogP contribution in [0, 0.1) is 18.8 Å². The lowest BCUT2D eigenvalue weighted by atomic mass is 9.85. The van der Waals surface area contributed by atoms with Gasteiger partial charge < -0.3 is 0 Å². The fourth-order valence-corrected chi connectivity index (χ4v) is 3.84. The van der Waals surface area contributed by atoms with E-state index in [0.717, 1.165) is 29.9 Å². The Morgan fingerprint density at radius 1 is 1.04 bits per heavy atom. The Kier molecular flexibility index (Phi) is 7.44. The van der Waals surface area contributed by atoms with Crippen LogP contribution >= 0.6 is 0 Å². The predicted octanol–water partition coefficient (Wildman–Crippen LogP) is 6.69. The molecule has 1 fully saturated rings. The van der Waals surface area contributed by atoms with Crippen molar-refractivity contribution < 1.29 is 8.78 Å². The Morgan fingerprint density at radius 3 is 2.36 bits per heavy atom. The highest BCUT2D eigenvalue weighted by molar-refractivity contribution is 5.76. The van der Waals surface area contributed by atoms with Crippen molar-refractivity contribution in [1.82, 2.24) is 0 Å². The van der Waals surface area contributed by atoms with Crippen LogP contribution in [0.15, 0.2) is 48.6 Å². The van der Waals surface area contributed by atoms with E-state index in [1.807, 2.05) is 30.3 Å². The Hall–Kier alpha value is -1.88. The quantitative estimate of drug-likeness (QED) is 0.399. The Balaban J connectivity index is 0.00000109. The van der Waals surface area contributed by atoms with Crippen molar-refractivity contribution in [2.24, 2.45) is 5.92 Å². The Bertz CT molecular complexity index is 593. The lowest BCUT2D eigenvalue weighted by Gasteiger charge is -2.28. The van der Waals surface area contributed by atoms with Crippen LogP contribution in [0.25, 0.3) is 5.57 Å². The van der Waals surface area contributed by atoms with E-state index >= 15 is 0 Å². The third-order valence-electron chi connectivity index (χ3n) is 5.33. The molecule has 1 aromatic rings. The molecule has 1 aromatic carbocycles. The minimum Gasteiger partial charge on any atom is -0.239 e. The number of hydrogen-bond acceptors (Lipinski definition) is 0. The lowest BCUT2D eigenvalue weighted by Crippen LogP contribution is -2.33. The first kappa shape index (κ1) is 19.4. The zero-order valence-corrected chi connectivity index (χ0v) is 14.8. The second-order valence-corrected chi connectivity index (χ2v) is 7.05. The van der Waals surface area contributed by atoms with Crippen LogP contribution in [0.4, 0.5) is 8.78 Å². The number of benzene rings is 1. The molecule has 0 nitrogen and oxygen atoms in total. The van der Waals surface area contributed by atoms with Gasteiger partial charge >= 0.3 is 0 Å². The van der Waals surface area contributed by atoms with Crippen molar-refractivity contribution in [3.05, 3.63) is 54.1 Å². The first-order valence-corrected chi connectivity index (χ1v) is 9.30. The summed E-state index contributed by atoms with van der Waals surface area (Å²) in [6, 6.07) is 9.61. The molecule has 0 heterocycles. The fraction of sp³-hybridized carbons (Fsp3) is 0.478. The molecular formula is C23H28F2. The van der Waals surface area contributed by atoms with Gasteiger partial charge in [0.15, 0.2) is 11.8 Å². The highest BCUT2D eigenvalue weighted by atomic mass is 19.2. The van der Waals surface area contributed by atoms with E-state index in [-0.39, 0.29) is 6.42 Å². The van der Waals surface area contributed by atoms with E-state index in [0.29, 0.717) is 0 Å². The van der Waals surface area contributed by atoms with Crippen LogP contribution in [-0.2, 0) is 0 Å². The second-order valence-electron chi connectivity index (χ2n) is 7.05. The molecule has 134 valence electrons. The molecule has 0 radical (unpaired) electrons. The smallest absolute Gasteiger partial charge is 0.164 e. The highest BCUT2D eigenvalue weighted by Crippen LogP contribution is 2.36. The predicted molar refractivity (Wildman–Crippen MR) is 103 cm³/mol. The average Bonchev–Trinajstić information content (AvgIpc) is 3.17. The van der Waals surface area contributed by atoms with Crippen molar-refractivity contribution >= 4 is 5.57 Å². The fourth-order valence-electron chi connectivity index (χ4n) is 3.84. The minimum absolute atomic E-state index is 0.288. The molecule has 0 bridgehead atoms. The molecule has 0 aromatic heterocycles. The van der Waals surface area contributed by atoms with Gasteiger partial charge in [-0.25, -0.2) is 8.78 Å². The molecule has 2 heteroatoms. The van der Waals surface area contributed by atoms with E-state index in [4.69, 9.17) is 0 Å². The number of hydrogen-bond donors (Lipinski definition) is 0. The Morgan fingerprint density at radius 2 is 1.72 bits per heavy atom. The van der Waals surface area contributed by atoms with Gasteiger partial charge in [-0.2, -0.15) is 0 Å². The summed E-state index contributed by atoms with van der Waals surface area (Å²) < 4.78 is 29.2. The normalized spacial score (nSPS) is 25.9. The molecule has 0 spiro atoms. The largest absolute Gasteiger partial charge is 0.239 e. The standard InChI is InChI=1S/C21H26F2.C2H2/c22-20-16-19(18-11-2-1-3-12-18)13-15-21(20,23)14-7-6-10-17-8-4-5-9-17;1-2/h1-3,11-13,15-17,20H,4-10,14H2;1-2H. The van der Waals surface area contributed by atoms with Crippen LogP contribution in [0.1, 0.15) is 56.9 Å². The molecule has 0 amide bonds. The van der Waals surface area contributed by atoms with Crippen molar-refractivity contribution in [3.63, 3.8) is 0 Å². The maximum atomic E-state index is 14.8. The van der Waals surface area contributed by atoms with Crippen LogP contribution < -0.4 is 0 Å². The van der Waals surface area contributed by atoms with Crippen molar-refractivity contribution in [2.75, 3.05) is 0 Å². The molecule has 0 aliphatic heterocycles. The van der Waals surface area contributed by atoms with Gasteiger partial charge in [0.25, 0.3) is 0 Å². The van der Waals surface area contributed by atoms with Gasteiger partial charge in [-0.15, -0.1) is 12.8 Å². The van der Waals surface area contributed by atoms with Crippen LogP contribution in [0.5, 0.6) is 0 Å². The highest BCUT2D eigenvalue weighted by Gasteiger charge is 2.37. The van der Waals surface area contributed by atoms with Gasteiger partial charge in [0, 0.05) is 0 Å². The summed E-state index contributed by atoms with van der Waals surface area (Å²) in [7, 11) is 0. The van der Waals surface area contributed by atoms with E-state index < -0.39 is 11.8 Å². The first-order chi connectivity index (χ1) is 12.2. The lowest BCUT2D eigenvalue weighted by molar-refractivity contribution is 0.111. The second kappa shape index (κ2) is 9.56. The molecule has 0 saturated heterocycles. The number of rotatable bonds is 6. The monoisotopic (exact) mass is 342 g/mol.